The third kappa shape index (κ3) is 5.37. The van der Waals surface area contributed by atoms with Crippen LogP contribution >= 0.6 is 11.6 Å². The highest BCUT2D eigenvalue weighted by molar-refractivity contribution is 6.33. The number of hydrogen-bond acceptors (Lipinski definition) is 4. The first-order chi connectivity index (χ1) is 10.9. The molecule has 6 heteroatoms. The Balaban J connectivity index is 1.68. The van der Waals surface area contributed by atoms with Crippen LogP contribution in [0.25, 0.3) is 0 Å². The predicted molar refractivity (Wildman–Crippen MR) is 96.0 cm³/mol. The highest BCUT2D eigenvalue weighted by atomic mass is 35.5. The fraction of sp³-hybridized carbons (Fsp3) is 0.588. The molecule has 0 saturated carbocycles. The quantitative estimate of drug-likeness (QED) is 0.775. The molecule has 1 aliphatic rings. The monoisotopic (exact) mass is 338 g/mol. The molecule has 0 bridgehead atoms. The molecule has 128 valence electrons. The molecular formula is C17H27ClN4O. The van der Waals surface area contributed by atoms with Crippen molar-refractivity contribution in [2.24, 2.45) is 5.73 Å². The summed E-state index contributed by atoms with van der Waals surface area (Å²) in [4.78, 5) is 16.4. The lowest BCUT2D eigenvalue weighted by Crippen LogP contribution is -2.50. The van der Waals surface area contributed by atoms with Gasteiger partial charge < -0.3 is 16.0 Å². The minimum absolute atomic E-state index is 0.0963. The van der Waals surface area contributed by atoms with Crippen LogP contribution in [-0.2, 0) is 4.79 Å². The lowest BCUT2D eigenvalue weighted by atomic mass is 10.1. The Morgan fingerprint density at radius 1 is 1.26 bits per heavy atom. The molecule has 5 nitrogen and oxygen atoms in total. The van der Waals surface area contributed by atoms with Crippen molar-refractivity contribution in [1.82, 2.24) is 10.2 Å². The topological polar surface area (TPSA) is 61.6 Å². The van der Waals surface area contributed by atoms with Crippen LogP contribution in [0.5, 0.6) is 0 Å². The van der Waals surface area contributed by atoms with Crippen LogP contribution in [0.2, 0.25) is 5.02 Å². The molecule has 23 heavy (non-hydrogen) atoms. The molecule has 1 amide bonds. The maximum Gasteiger partial charge on any atom is 0.239 e. The van der Waals surface area contributed by atoms with Gasteiger partial charge in [0.25, 0.3) is 0 Å². The summed E-state index contributed by atoms with van der Waals surface area (Å²) in [7, 11) is 0. The Hall–Kier alpha value is -1.30. The SMILES string of the molecule is CC(C)(N)C(=O)NCCCN1CCN(c2ccccc2Cl)CC1. The first-order valence-corrected chi connectivity index (χ1v) is 8.55. The maximum absolute atomic E-state index is 11.7. The molecule has 1 heterocycles. The van der Waals surface area contributed by atoms with Gasteiger partial charge in [-0.1, -0.05) is 23.7 Å². The summed E-state index contributed by atoms with van der Waals surface area (Å²) < 4.78 is 0. The van der Waals surface area contributed by atoms with Crippen molar-refractivity contribution in [2.75, 3.05) is 44.2 Å². The summed E-state index contributed by atoms with van der Waals surface area (Å²) >= 11 is 6.26. The number of nitrogens with zero attached hydrogens (tertiary/aromatic N) is 2. The van der Waals surface area contributed by atoms with E-state index in [0.717, 1.165) is 49.9 Å². The number of piperazine rings is 1. The largest absolute Gasteiger partial charge is 0.368 e. The Labute approximate surface area is 143 Å². The second-order valence-corrected chi connectivity index (χ2v) is 7.02. The molecule has 0 atom stereocenters. The number of carbonyl (C=O) groups excluding carboxylic acids is 1. The fourth-order valence-corrected chi connectivity index (χ4v) is 2.91. The molecule has 3 N–H and O–H groups in total. The van der Waals surface area contributed by atoms with Crippen molar-refractivity contribution in [2.45, 2.75) is 25.8 Å². The molecule has 1 fully saturated rings. The van der Waals surface area contributed by atoms with Crippen molar-refractivity contribution in [1.29, 1.82) is 0 Å². The summed E-state index contributed by atoms with van der Waals surface area (Å²) in [5.41, 5.74) is 6.06. The highest BCUT2D eigenvalue weighted by Crippen LogP contribution is 2.25. The van der Waals surface area contributed by atoms with Crippen LogP contribution in [-0.4, -0.2) is 55.6 Å². The van der Waals surface area contributed by atoms with Gasteiger partial charge in [-0.3, -0.25) is 9.69 Å². The number of amides is 1. The van der Waals surface area contributed by atoms with E-state index in [9.17, 15) is 4.79 Å². The summed E-state index contributed by atoms with van der Waals surface area (Å²) in [6.45, 7) is 9.08. The van der Waals surface area contributed by atoms with Crippen LogP contribution in [0.3, 0.4) is 0 Å². The van der Waals surface area contributed by atoms with Gasteiger partial charge in [-0.25, -0.2) is 0 Å². The summed E-state index contributed by atoms with van der Waals surface area (Å²) in [5, 5.41) is 3.70. The fourth-order valence-electron chi connectivity index (χ4n) is 2.65. The third-order valence-corrected chi connectivity index (χ3v) is 4.41. The number of benzene rings is 1. The lowest BCUT2D eigenvalue weighted by molar-refractivity contribution is -0.125. The van der Waals surface area contributed by atoms with Crippen LogP contribution in [0.1, 0.15) is 20.3 Å². The van der Waals surface area contributed by atoms with Gasteiger partial charge in [0.15, 0.2) is 0 Å². The first kappa shape index (κ1) is 18.0. The molecule has 1 aliphatic heterocycles. The van der Waals surface area contributed by atoms with E-state index < -0.39 is 5.54 Å². The number of para-hydroxylation sites is 1. The lowest BCUT2D eigenvalue weighted by Gasteiger charge is -2.36. The van der Waals surface area contributed by atoms with Crippen LogP contribution in [0, 0.1) is 0 Å². The molecule has 0 radical (unpaired) electrons. The number of halogens is 1. The molecule has 0 aromatic heterocycles. The number of anilines is 1. The minimum atomic E-state index is -0.805. The summed E-state index contributed by atoms with van der Waals surface area (Å²) in [6, 6.07) is 7.99. The molecule has 2 rings (SSSR count). The van der Waals surface area contributed by atoms with Gasteiger partial charge in [-0.2, -0.15) is 0 Å². The Morgan fingerprint density at radius 2 is 1.91 bits per heavy atom. The van der Waals surface area contributed by atoms with Gasteiger partial charge >= 0.3 is 0 Å². The summed E-state index contributed by atoms with van der Waals surface area (Å²) in [5.74, 6) is -0.0963. The zero-order valence-corrected chi connectivity index (χ0v) is 14.8. The average molecular weight is 339 g/mol. The second-order valence-electron chi connectivity index (χ2n) is 6.61. The average Bonchev–Trinajstić information content (AvgIpc) is 2.51. The maximum atomic E-state index is 11.7. The molecule has 1 aromatic carbocycles. The highest BCUT2D eigenvalue weighted by Gasteiger charge is 2.21. The van der Waals surface area contributed by atoms with E-state index in [2.05, 4.69) is 21.2 Å². The number of hydrogen-bond donors (Lipinski definition) is 2. The van der Waals surface area contributed by atoms with E-state index in [1.54, 1.807) is 13.8 Å². The van der Waals surface area contributed by atoms with Crippen molar-refractivity contribution in [3.63, 3.8) is 0 Å². The smallest absolute Gasteiger partial charge is 0.239 e. The van der Waals surface area contributed by atoms with Gasteiger partial charge in [0.05, 0.1) is 16.2 Å². The van der Waals surface area contributed by atoms with Gasteiger partial charge in [0.2, 0.25) is 5.91 Å². The third-order valence-electron chi connectivity index (χ3n) is 4.09. The predicted octanol–water partition coefficient (Wildman–Crippen LogP) is 1.71. The van der Waals surface area contributed by atoms with Crippen molar-refractivity contribution < 1.29 is 4.79 Å². The summed E-state index contributed by atoms with van der Waals surface area (Å²) in [6.07, 6.45) is 0.938. The molecule has 1 aromatic rings. The van der Waals surface area contributed by atoms with Gasteiger partial charge in [0, 0.05) is 32.7 Å². The molecule has 0 aliphatic carbocycles. The Kier molecular flexibility index (Phi) is 6.27. The zero-order chi connectivity index (χ0) is 16.9. The first-order valence-electron chi connectivity index (χ1n) is 8.17. The van der Waals surface area contributed by atoms with Crippen LogP contribution in [0.15, 0.2) is 24.3 Å². The van der Waals surface area contributed by atoms with E-state index >= 15 is 0 Å². The van der Waals surface area contributed by atoms with Crippen LogP contribution in [0.4, 0.5) is 5.69 Å². The van der Waals surface area contributed by atoms with Crippen molar-refractivity contribution >= 4 is 23.2 Å². The normalized spacial score (nSPS) is 16.4. The van der Waals surface area contributed by atoms with E-state index in [0.29, 0.717) is 6.54 Å². The Bertz CT molecular complexity index is 522. The van der Waals surface area contributed by atoms with Crippen molar-refractivity contribution in [3.8, 4) is 0 Å². The van der Waals surface area contributed by atoms with E-state index in [-0.39, 0.29) is 5.91 Å². The van der Waals surface area contributed by atoms with Gasteiger partial charge in [-0.15, -0.1) is 0 Å². The number of carbonyl (C=O) groups is 1. The minimum Gasteiger partial charge on any atom is -0.368 e. The number of nitrogens with two attached hydrogens (primary N) is 1. The molecule has 0 spiro atoms. The van der Waals surface area contributed by atoms with Gasteiger partial charge in [-0.05, 0) is 38.9 Å². The van der Waals surface area contributed by atoms with Crippen LogP contribution < -0.4 is 16.0 Å². The van der Waals surface area contributed by atoms with E-state index in [4.69, 9.17) is 17.3 Å². The molecule has 1 saturated heterocycles. The molecule has 0 unspecified atom stereocenters. The zero-order valence-electron chi connectivity index (χ0n) is 14.0. The van der Waals surface area contributed by atoms with Gasteiger partial charge in [0.1, 0.15) is 0 Å². The van der Waals surface area contributed by atoms with Crippen molar-refractivity contribution in [3.05, 3.63) is 29.3 Å². The standard InChI is InChI=1S/C17H27ClN4O/c1-17(2,19)16(23)20-8-5-9-21-10-12-22(13-11-21)15-7-4-3-6-14(15)18/h3-4,6-7H,5,8-13,19H2,1-2H3,(H,20,23). The molecular weight excluding hydrogens is 312 g/mol. The number of nitrogens with one attached hydrogen (secondary N) is 1. The van der Waals surface area contributed by atoms with E-state index in [1.165, 1.54) is 0 Å². The second kappa shape index (κ2) is 7.99. The Morgan fingerprint density at radius 3 is 2.52 bits per heavy atom. The van der Waals surface area contributed by atoms with E-state index in [1.807, 2.05) is 18.2 Å². The number of rotatable bonds is 6.